The van der Waals surface area contributed by atoms with Crippen LogP contribution in [-0.4, -0.2) is 15.7 Å². The summed E-state index contributed by atoms with van der Waals surface area (Å²) in [4.78, 5) is 12.2. The van der Waals surface area contributed by atoms with Crippen LogP contribution in [0.15, 0.2) is 29.1 Å². The molecular weight excluding hydrogens is 285 g/mol. The molecule has 0 aliphatic carbocycles. The summed E-state index contributed by atoms with van der Waals surface area (Å²) < 4.78 is 43.3. The van der Waals surface area contributed by atoms with Crippen molar-refractivity contribution in [2.24, 2.45) is 7.05 Å². The third-order valence-electron chi connectivity index (χ3n) is 3.29. The van der Waals surface area contributed by atoms with Gasteiger partial charge in [0.15, 0.2) is 0 Å². The second-order valence-corrected chi connectivity index (χ2v) is 4.61. The van der Waals surface area contributed by atoms with Crippen molar-refractivity contribution in [2.75, 3.05) is 0 Å². The Hall–Kier alpha value is -2.18. The first-order chi connectivity index (χ1) is 9.74. The average molecular weight is 300 g/mol. The number of hydrogen-bond acceptors (Lipinski definition) is 2. The zero-order valence-electron chi connectivity index (χ0n) is 11.9. The molecule has 0 saturated heterocycles. The van der Waals surface area contributed by atoms with Crippen LogP contribution in [-0.2, 0) is 13.5 Å². The Labute approximate surface area is 119 Å². The molecule has 114 valence electrons. The average Bonchev–Trinajstić information content (AvgIpc) is 2.60. The van der Waals surface area contributed by atoms with Gasteiger partial charge < -0.3 is 4.74 Å². The van der Waals surface area contributed by atoms with Crippen LogP contribution in [0.4, 0.5) is 13.2 Å². The van der Waals surface area contributed by atoms with E-state index in [1.54, 1.807) is 18.7 Å². The molecule has 1 aromatic heterocycles. The van der Waals surface area contributed by atoms with Gasteiger partial charge in [-0.25, -0.2) is 4.68 Å². The number of nitrogens with zero attached hydrogens (tertiary/aromatic N) is 2. The van der Waals surface area contributed by atoms with E-state index in [0.29, 0.717) is 17.7 Å². The molecule has 0 aliphatic rings. The minimum absolute atomic E-state index is 0.182. The van der Waals surface area contributed by atoms with E-state index in [2.05, 4.69) is 4.74 Å². The second kappa shape index (κ2) is 5.31. The van der Waals surface area contributed by atoms with E-state index >= 15 is 0 Å². The summed E-state index contributed by atoms with van der Waals surface area (Å²) in [5, 5.41) is 0. The molecule has 7 heteroatoms. The summed E-state index contributed by atoms with van der Waals surface area (Å²) >= 11 is 0. The highest BCUT2D eigenvalue weighted by molar-refractivity contribution is 5.38. The van der Waals surface area contributed by atoms with Crippen LogP contribution in [0, 0.1) is 6.92 Å². The van der Waals surface area contributed by atoms with Gasteiger partial charge in [-0.05, 0) is 37.6 Å². The van der Waals surface area contributed by atoms with Crippen LogP contribution in [0.5, 0.6) is 5.75 Å². The molecule has 0 unspecified atom stereocenters. The van der Waals surface area contributed by atoms with E-state index in [-0.39, 0.29) is 11.3 Å². The minimum Gasteiger partial charge on any atom is -0.406 e. The molecule has 0 atom stereocenters. The van der Waals surface area contributed by atoms with Gasteiger partial charge >= 0.3 is 6.36 Å². The third-order valence-corrected chi connectivity index (χ3v) is 3.29. The van der Waals surface area contributed by atoms with Gasteiger partial charge in [-0.1, -0.05) is 6.92 Å². The van der Waals surface area contributed by atoms with Gasteiger partial charge in [0, 0.05) is 18.3 Å². The predicted octanol–water partition coefficient (Wildman–Crippen LogP) is 2.95. The Morgan fingerprint density at radius 3 is 2.19 bits per heavy atom. The maximum absolute atomic E-state index is 12.2. The molecule has 0 N–H and O–H groups in total. The lowest BCUT2D eigenvalue weighted by molar-refractivity contribution is -0.274. The van der Waals surface area contributed by atoms with Crippen molar-refractivity contribution in [3.63, 3.8) is 0 Å². The van der Waals surface area contributed by atoms with E-state index in [9.17, 15) is 18.0 Å². The molecule has 4 nitrogen and oxygen atoms in total. The zero-order chi connectivity index (χ0) is 15.8. The van der Waals surface area contributed by atoms with Crippen LogP contribution < -0.4 is 10.3 Å². The fourth-order valence-electron chi connectivity index (χ4n) is 2.36. The summed E-state index contributed by atoms with van der Waals surface area (Å²) in [5.74, 6) is -0.319. The van der Waals surface area contributed by atoms with Crippen LogP contribution >= 0.6 is 0 Å². The first kappa shape index (κ1) is 15.2. The highest BCUT2D eigenvalue weighted by Crippen LogP contribution is 2.23. The van der Waals surface area contributed by atoms with Gasteiger partial charge in [-0.2, -0.15) is 0 Å². The minimum atomic E-state index is -4.73. The van der Waals surface area contributed by atoms with E-state index in [0.717, 1.165) is 5.69 Å². The maximum Gasteiger partial charge on any atom is 0.573 e. The number of benzene rings is 1. The molecule has 0 aliphatic heterocycles. The van der Waals surface area contributed by atoms with Crippen molar-refractivity contribution < 1.29 is 17.9 Å². The van der Waals surface area contributed by atoms with Crippen molar-refractivity contribution in [1.29, 1.82) is 0 Å². The standard InChI is InChI=1S/C14H15F3N2O2/c1-4-12-9(2)13(20)19(18(12)3)10-5-7-11(8-6-10)21-14(15,16)17/h5-8H,4H2,1-3H3. The Kier molecular flexibility index (Phi) is 3.85. The number of alkyl halides is 3. The van der Waals surface area contributed by atoms with Crippen LogP contribution in [0.3, 0.4) is 0 Å². The Bertz CT molecular complexity index is 697. The monoisotopic (exact) mass is 300 g/mol. The quantitative estimate of drug-likeness (QED) is 0.874. The fourth-order valence-corrected chi connectivity index (χ4v) is 2.36. The third kappa shape index (κ3) is 2.96. The lowest BCUT2D eigenvalue weighted by Crippen LogP contribution is -2.20. The molecule has 0 spiro atoms. The molecule has 0 radical (unpaired) electrons. The van der Waals surface area contributed by atoms with E-state index in [1.807, 2.05) is 6.92 Å². The van der Waals surface area contributed by atoms with Crippen molar-refractivity contribution in [2.45, 2.75) is 26.6 Å². The topological polar surface area (TPSA) is 36.2 Å². The largest absolute Gasteiger partial charge is 0.573 e. The van der Waals surface area contributed by atoms with Crippen molar-refractivity contribution >= 4 is 0 Å². The van der Waals surface area contributed by atoms with Gasteiger partial charge in [0.2, 0.25) is 0 Å². The molecule has 0 amide bonds. The number of hydrogen-bond donors (Lipinski definition) is 0. The van der Waals surface area contributed by atoms with Crippen molar-refractivity contribution in [3.8, 4) is 11.4 Å². The number of aromatic nitrogens is 2. The van der Waals surface area contributed by atoms with Gasteiger partial charge in [0.25, 0.3) is 5.56 Å². The Morgan fingerprint density at radius 1 is 1.19 bits per heavy atom. The summed E-state index contributed by atoms with van der Waals surface area (Å²) in [5.41, 5.74) is 1.82. The van der Waals surface area contributed by atoms with E-state index < -0.39 is 6.36 Å². The second-order valence-electron chi connectivity index (χ2n) is 4.61. The Morgan fingerprint density at radius 2 is 1.76 bits per heavy atom. The lowest BCUT2D eigenvalue weighted by Gasteiger charge is -2.11. The molecule has 1 heterocycles. The van der Waals surface area contributed by atoms with Crippen molar-refractivity contribution in [3.05, 3.63) is 45.9 Å². The zero-order valence-corrected chi connectivity index (χ0v) is 11.9. The fraction of sp³-hybridized carbons (Fsp3) is 0.357. The smallest absolute Gasteiger partial charge is 0.406 e. The Balaban J connectivity index is 2.43. The highest BCUT2D eigenvalue weighted by atomic mass is 19.4. The molecule has 1 aromatic carbocycles. The summed E-state index contributed by atoms with van der Waals surface area (Å²) in [6.45, 7) is 3.67. The predicted molar refractivity (Wildman–Crippen MR) is 71.8 cm³/mol. The van der Waals surface area contributed by atoms with Gasteiger partial charge in [0.05, 0.1) is 5.69 Å². The first-order valence-corrected chi connectivity index (χ1v) is 6.38. The normalized spacial score (nSPS) is 11.7. The number of rotatable bonds is 3. The first-order valence-electron chi connectivity index (χ1n) is 6.38. The van der Waals surface area contributed by atoms with Gasteiger partial charge in [-0.15, -0.1) is 13.2 Å². The summed E-state index contributed by atoms with van der Waals surface area (Å²) in [6, 6.07) is 5.20. The lowest BCUT2D eigenvalue weighted by atomic mass is 10.2. The van der Waals surface area contributed by atoms with Crippen LogP contribution in [0.1, 0.15) is 18.2 Å². The van der Waals surface area contributed by atoms with E-state index in [1.165, 1.54) is 28.9 Å². The molecule has 21 heavy (non-hydrogen) atoms. The molecule has 2 rings (SSSR count). The van der Waals surface area contributed by atoms with Gasteiger partial charge in [-0.3, -0.25) is 9.48 Å². The van der Waals surface area contributed by atoms with Gasteiger partial charge in [0.1, 0.15) is 5.75 Å². The van der Waals surface area contributed by atoms with Crippen molar-refractivity contribution in [1.82, 2.24) is 9.36 Å². The van der Waals surface area contributed by atoms with E-state index in [4.69, 9.17) is 0 Å². The summed E-state index contributed by atoms with van der Waals surface area (Å²) in [6.07, 6.45) is -4.03. The number of halogens is 3. The molecule has 0 saturated carbocycles. The molecule has 0 bridgehead atoms. The molecule has 0 fully saturated rings. The van der Waals surface area contributed by atoms with Crippen LogP contribution in [0.2, 0.25) is 0 Å². The highest BCUT2D eigenvalue weighted by Gasteiger charge is 2.31. The molecular formula is C14H15F3N2O2. The number of ether oxygens (including phenoxy) is 1. The molecule has 2 aromatic rings. The SMILES string of the molecule is CCc1c(C)c(=O)n(-c2ccc(OC(F)(F)F)cc2)n1C. The van der Waals surface area contributed by atoms with Crippen LogP contribution in [0.25, 0.3) is 5.69 Å². The maximum atomic E-state index is 12.2. The summed E-state index contributed by atoms with van der Waals surface area (Å²) in [7, 11) is 1.74.